The Balaban J connectivity index is 1.97. The highest BCUT2D eigenvalue weighted by Gasteiger charge is 2.28. The van der Waals surface area contributed by atoms with Crippen LogP contribution in [0.3, 0.4) is 0 Å². The van der Waals surface area contributed by atoms with Crippen LogP contribution in [0.2, 0.25) is 0 Å². The number of nitrogens with zero attached hydrogens (tertiary/aromatic N) is 2. The summed E-state index contributed by atoms with van der Waals surface area (Å²) in [5, 5.41) is 0. The van der Waals surface area contributed by atoms with E-state index in [2.05, 4.69) is 16.0 Å². The number of ketones is 1. The number of fused-ring (bicyclic) bond motifs is 1. The van der Waals surface area contributed by atoms with Crippen molar-refractivity contribution in [3.63, 3.8) is 0 Å². The smallest absolute Gasteiger partial charge is 0.190 e. The predicted octanol–water partition coefficient (Wildman–Crippen LogP) is 2.78. The highest BCUT2D eigenvalue weighted by atomic mass is 16.1. The predicted molar refractivity (Wildman–Crippen MR) is 68.5 cm³/mol. The summed E-state index contributed by atoms with van der Waals surface area (Å²) in [6.07, 6.45) is 6.37. The fraction of sp³-hybridized carbons (Fsp3) is 0.267. The molecule has 2 aromatic heterocycles. The van der Waals surface area contributed by atoms with Crippen molar-refractivity contribution < 1.29 is 4.79 Å². The van der Waals surface area contributed by atoms with Gasteiger partial charge >= 0.3 is 0 Å². The lowest BCUT2D eigenvalue weighted by Crippen LogP contribution is -2.20. The summed E-state index contributed by atoms with van der Waals surface area (Å²) in [7, 11) is 0. The molecule has 1 aliphatic rings. The van der Waals surface area contributed by atoms with Gasteiger partial charge in [-0.25, -0.2) is 0 Å². The molecule has 0 fully saturated rings. The molecule has 0 saturated heterocycles. The first-order valence-electron chi connectivity index (χ1n) is 6.25. The van der Waals surface area contributed by atoms with Crippen LogP contribution in [0.15, 0.2) is 42.7 Å². The van der Waals surface area contributed by atoms with Crippen LogP contribution in [0.25, 0.3) is 0 Å². The molecular formula is C15H14N2O. The largest absolute Gasteiger partial charge is 0.292 e. The van der Waals surface area contributed by atoms with E-state index in [0.29, 0.717) is 5.69 Å². The Kier molecular flexibility index (Phi) is 2.89. The lowest BCUT2D eigenvalue weighted by Gasteiger charge is -2.22. The zero-order valence-electron chi connectivity index (χ0n) is 10.0. The molecule has 18 heavy (non-hydrogen) atoms. The molecule has 0 amide bonds. The fourth-order valence-corrected chi connectivity index (χ4v) is 2.55. The number of rotatable bonds is 2. The molecule has 1 atom stereocenters. The molecule has 2 heterocycles. The van der Waals surface area contributed by atoms with E-state index in [1.54, 1.807) is 18.5 Å². The van der Waals surface area contributed by atoms with Gasteiger partial charge in [-0.05, 0) is 43.0 Å². The van der Waals surface area contributed by atoms with Gasteiger partial charge in [-0.15, -0.1) is 0 Å². The number of aryl methyl sites for hydroxylation is 1. The van der Waals surface area contributed by atoms with Crippen molar-refractivity contribution in [1.29, 1.82) is 0 Å². The van der Waals surface area contributed by atoms with Crippen molar-refractivity contribution in [2.24, 2.45) is 0 Å². The third-order valence-corrected chi connectivity index (χ3v) is 3.43. The van der Waals surface area contributed by atoms with Crippen molar-refractivity contribution in [3.8, 4) is 0 Å². The van der Waals surface area contributed by atoms with Crippen molar-refractivity contribution in [2.45, 2.75) is 25.2 Å². The van der Waals surface area contributed by atoms with E-state index in [4.69, 9.17) is 0 Å². The van der Waals surface area contributed by atoms with Gasteiger partial charge in [0, 0.05) is 12.4 Å². The Bertz CT molecular complexity index is 566. The summed E-state index contributed by atoms with van der Waals surface area (Å²) in [4.78, 5) is 21.0. The summed E-state index contributed by atoms with van der Waals surface area (Å²) in [5.41, 5.74) is 2.69. The molecule has 0 aromatic carbocycles. The summed E-state index contributed by atoms with van der Waals surface area (Å²) in [5.74, 6) is -0.0277. The third kappa shape index (κ3) is 1.92. The normalized spacial score (nSPS) is 18.1. The van der Waals surface area contributed by atoms with Crippen LogP contribution in [-0.2, 0) is 6.42 Å². The summed E-state index contributed by atoms with van der Waals surface area (Å²) >= 11 is 0. The minimum absolute atomic E-state index is 0.0928. The van der Waals surface area contributed by atoms with Crippen molar-refractivity contribution in [2.75, 3.05) is 0 Å². The maximum absolute atomic E-state index is 12.5. The molecule has 3 nitrogen and oxygen atoms in total. The van der Waals surface area contributed by atoms with E-state index in [1.165, 1.54) is 5.56 Å². The Hall–Kier alpha value is -2.03. The quantitative estimate of drug-likeness (QED) is 0.755. The molecule has 90 valence electrons. The Labute approximate surface area is 106 Å². The van der Waals surface area contributed by atoms with Gasteiger partial charge in [0.15, 0.2) is 5.78 Å². The van der Waals surface area contributed by atoms with E-state index in [-0.39, 0.29) is 11.7 Å². The van der Waals surface area contributed by atoms with Gasteiger partial charge in [0.2, 0.25) is 0 Å². The molecule has 1 aliphatic carbocycles. The van der Waals surface area contributed by atoms with E-state index in [9.17, 15) is 4.79 Å². The summed E-state index contributed by atoms with van der Waals surface area (Å²) < 4.78 is 0. The molecule has 2 aromatic rings. The van der Waals surface area contributed by atoms with Crippen molar-refractivity contribution in [3.05, 3.63) is 59.7 Å². The summed E-state index contributed by atoms with van der Waals surface area (Å²) in [6, 6.07) is 9.46. The Morgan fingerprint density at radius 1 is 1.11 bits per heavy atom. The minimum atomic E-state index is -0.121. The lowest BCUT2D eigenvalue weighted by molar-refractivity contribution is 0.0944. The number of pyridine rings is 2. The van der Waals surface area contributed by atoms with Gasteiger partial charge in [-0.1, -0.05) is 12.1 Å². The molecule has 3 heteroatoms. The molecule has 1 unspecified atom stereocenters. The van der Waals surface area contributed by atoms with Crippen molar-refractivity contribution >= 4 is 5.78 Å². The monoisotopic (exact) mass is 238 g/mol. The highest BCUT2D eigenvalue weighted by Crippen LogP contribution is 2.31. The van der Waals surface area contributed by atoms with Gasteiger partial charge < -0.3 is 0 Å². The molecular weight excluding hydrogens is 224 g/mol. The third-order valence-electron chi connectivity index (χ3n) is 3.43. The first kappa shape index (κ1) is 11.1. The second kappa shape index (κ2) is 4.69. The molecule has 0 saturated carbocycles. The van der Waals surface area contributed by atoms with Crippen LogP contribution in [0, 0.1) is 0 Å². The first-order chi connectivity index (χ1) is 8.86. The number of hydrogen-bond acceptors (Lipinski definition) is 3. The number of aromatic nitrogens is 2. The van der Waals surface area contributed by atoms with Gasteiger partial charge in [0.25, 0.3) is 0 Å². The van der Waals surface area contributed by atoms with Gasteiger partial charge in [0.05, 0.1) is 11.6 Å². The second-order valence-corrected chi connectivity index (χ2v) is 4.57. The van der Waals surface area contributed by atoms with Crippen LogP contribution in [-0.4, -0.2) is 15.8 Å². The SMILES string of the molecule is O=C(c1ccccn1)C1CCCc2cccnc21. The number of carbonyl (C=O) groups is 1. The zero-order valence-corrected chi connectivity index (χ0v) is 10.0. The zero-order chi connectivity index (χ0) is 12.4. The fourth-order valence-electron chi connectivity index (χ4n) is 2.55. The van der Waals surface area contributed by atoms with E-state index >= 15 is 0 Å². The number of hydrogen-bond donors (Lipinski definition) is 0. The molecule has 0 aliphatic heterocycles. The van der Waals surface area contributed by atoms with Crippen LogP contribution in [0.4, 0.5) is 0 Å². The Morgan fingerprint density at radius 2 is 2.00 bits per heavy atom. The standard InChI is InChI=1S/C15H14N2O/c18-15(13-8-1-2-9-16-13)12-7-3-5-11-6-4-10-17-14(11)12/h1-2,4,6,8-10,12H,3,5,7H2. The molecule has 0 radical (unpaired) electrons. The van der Waals surface area contributed by atoms with Gasteiger partial charge in [-0.2, -0.15) is 0 Å². The topological polar surface area (TPSA) is 42.9 Å². The molecule has 0 N–H and O–H groups in total. The van der Waals surface area contributed by atoms with E-state index in [1.807, 2.05) is 18.2 Å². The molecule has 0 bridgehead atoms. The average molecular weight is 238 g/mol. The van der Waals surface area contributed by atoms with E-state index < -0.39 is 0 Å². The number of Topliss-reactive ketones (excluding diaryl/α,β-unsaturated/α-hetero) is 1. The summed E-state index contributed by atoms with van der Waals surface area (Å²) in [6.45, 7) is 0. The maximum Gasteiger partial charge on any atom is 0.190 e. The van der Waals surface area contributed by atoms with Crippen LogP contribution >= 0.6 is 0 Å². The number of carbonyl (C=O) groups excluding carboxylic acids is 1. The van der Waals surface area contributed by atoms with E-state index in [0.717, 1.165) is 25.0 Å². The lowest BCUT2D eigenvalue weighted by atomic mass is 9.83. The minimum Gasteiger partial charge on any atom is -0.292 e. The van der Waals surface area contributed by atoms with Crippen LogP contribution in [0.5, 0.6) is 0 Å². The van der Waals surface area contributed by atoms with Crippen LogP contribution < -0.4 is 0 Å². The molecule has 3 rings (SSSR count). The Morgan fingerprint density at radius 3 is 2.83 bits per heavy atom. The van der Waals surface area contributed by atoms with Crippen molar-refractivity contribution in [1.82, 2.24) is 9.97 Å². The van der Waals surface area contributed by atoms with Gasteiger partial charge in [0.1, 0.15) is 5.69 Å². The maximum atomic E-state index is 12.5. The second-order valence-electron chi connectivity index (χ2n) is 4.57. The highest BCUT2D eigenvalue weighted by molar-refractivity contribution is 5.99. The molecule has 0 spiro atoms. The first-order valence-corrected chi connectivity index (χ1v) is 6.25. The average Bonchev–Trinajstić information content (AvgIpc) is 2.47. The van der Waals surface area contributed by atoms with Gasteiger partial charge in [-0.3, -0.25) is 14.8 Å². The van der Waals surface area contributed by atoms with Crippen LogP contribution in [0.1, 0.15) is 40.5 Å².